The van der Waals surface area contributed by atoms with E-state index in [-0.39, 0.29) is 12.5 Å². The minimum atomic E-state index is -0.237. The van der Waals surface area contributed by atoms with Crippen LogP contribution in [0.25, 0.3) is 0 Å². The molecule has 0 spiro atoms. The van der Waals surface area contributed by atoms with Crippen LogP contribution < -0.4 is 0 Å². The Labute approximate surface area is 125 Å². The zero-order valence-corrected chi connectivity index (χ0v) is 12.5. The standard InChI is InChI=1S/C17H20N2O2/c1-14-7-3-4-8-15(14)11-19(13-17(20)21-2)12-16-9-5-6-10-18-16/h3-10H,11-13H2,1-2H3. The maximum Gasteiger partial charge on any atom is 0.319 e. The number of methoxy groups -OCH3 is 1. The molecule has 4 heteroatoms. The number of carbonyl (C=O) groups excluding carboxylic acids is 1. The number of aromatic nitrogens is 1. The molecule has 110 valence electrons. The summed E-state index contributed by atoms with van der Waals surface area (Å²) >= 11 is 0. The Morgan fingerprint density at radius 2 is 1.90 bits per heavy atom. The number of benzene rings is 1. The summed E-state index contributed by atoms with van der Waals surface area (Å²) in [5.41, 5.74) is 3.36. The Kier molecular flexibility index (Phi) is 5.46. The largest absolute Gasteiger partial charge is 0.468 e. The van der Waals surface area contributed by atoms with Gasteiger partial charge in [0.25, 0.3) is 0 Å². The van der Waals surface area contributed by atoms with Crippen LogP contribution in [0.4, 0.5) is 0 Å². The molecule has 0 amide bonds. The molecule has 0 atom stereocenters. The highest BCUT2D eigenvalue weighted by Crippen LogP contribution is 2.12. The number of hydrogen-bond acceptors (Lipinski definition) is 4. The topological polar surface area (TPSA) is 42.4 Å². The molecule has 0 N–H and O–H groups in total. The van der Waals surface area contributed by atoms with Gasteiger partial charge in [-0.2, -0.15) is 0 Å². The predicted molar refractivity (Wildman–Crippen MR) is 81.5 cm³/mol. The van der Waals surface area contributed by atoms with Crippen molar-refractivity contribution >= 4 is 5.97 Å². The second-order valence-electron chi connectivity index (χ2n) is 4.97. The Balaban J connectivity index is 2.12. The van der Waals surface area contributed by atoms with Gasteiger partial charge >= 0.3 is 5.97 Å². The number of hydrogen-bond donors (Lipinski definition) is 0. The molecule has 0 aliphatic rings. The molecule has 0 saturated carbocycles. The number of pyridine rings is 1. The van der Waals surface area contributed by atoms with E-state index in [9.17, 15) is 4.79 Å². The van der Waals surface area contributed by atoms with Crippen molar-refractivity contribution in [2.75, 3.05) is 13.7 Å². The molecule has 0 unspecified atom stereocenters. The highest BCUT2D eigenvalue weighted by molar-refractivity contribution is 5.71. The first-order valence-electron chi connectivity index (χ1n) is 6.92. The van der Waals surface area contributed by atoms with E-state index < -0.39 is 0 Å². The van der Waals surface area contributed by atoms with Gasteiger partial charge in [-0.3, -0.25) is 14.7 Å². The van der Waals surface area contributed by atoms with Crippen molar-refractivity contribution in [1.29, 1.82) is 0 Å². The minimum Gasteiger partial charge on any atom is -0.468 e. The van der Waals surface area contributed by atoms with Crippen molar-refractivity contribution < 1.29 is 9.53 Å². The van der Waals surface area contributed by atoms with E-state index in [0.29, 0.717) is 13.1 Å². The van der Waals surface area contributed by atoms with Crippen LogP contribution in [0.1, 0.15) is 16.8 Å². The van der Waals surface area contributed by atoms with Crippen molar-refractivity contribution in [3.05, 3.63) is 65.5 Å². The van der Waals surface area contributed by atoms with Crippen LogP contribution >= 0.6 is 0 Å². The number of ether oxygens (including phenoxy) is 1. The molecule has 0 radical (unpaired) electrons. The molecule has 0 aliphatic heterocycles. The molecular weight excluding hydrogens is 264 g/mol. The van der Waals surface area contributed by atoms with Gasteiger partial charge in [-0.05, 0) is 30.2 Å². The first-order valence-corrected chi connectivity index (χ1v) is 6.92. The van der Waals surface area contributed by atoms with Gasteiger partial charge in [0.2, 0.25) is 0 Å². The fourth-order valence-corrected chi connectivity index (χ4v) is 2.16. The van der Waals surface area contributed by atoms with Gasteiger partial charge in [-0.1, -0.05) is 30.3 Å². The molecule has 1 aromatic heterocycles. The SMILES string of the molecule is COC(=O)CN(Cc1ccccn1)Cc1ccccc1C. The first kappa shape index (κ1) is 15.2. The summed E-state index contributed by atoms with van der Waals surface area (Å²) in [5.74, 6) is -0.237. The molecule has 0 bridgehead atoms. The van der Waals surface area contributed by atoms with Gasteiger partial charge in [-0.25, -0.2) is 0 Å². The summed E-state index contributed by atoms with van der Waals surface area (Å²) in [6.07, 6.45) is 1.76. The lowest BCUT2D eigenvalue weighted by Crippen LogP contribution is -2.30. The minimum absolute atomic E-state index is 0.237. The molecule has 2 aromatic rings. The highest BCUT2D eigenvalue weighted by atomic mass is 16.5. The van der Waals surface area contributed by atoms with Crippen LogP contribution in [0.5, 0.6) is 0 Å². The molecule has 21 heavy (non-hydrogen) atoms. The van der Waals surface area contributed by atoms with Crippen LogP contribution in [0.15, 0.2) is 48.7 Å². The molecule has 0 fully saturated rings. The van der Waals surface area contributed by atoms with E-state index in [1.165, 1.54) is 18.2 Å². The van der Waals surface area contributed by atoms with Crippen LogP contribution in [0, 0.1) is 6.92 Å². The van der Waals surface area contributed by atoms with E-state index in [2.05, 4.69) is 24.0 Å². The number of aryl methyl sites for hydroxylation is 1. The summed E-state index contributed by atoms with van der Waals surface area (Å²) in [6, 6.07) is 14.0. The summed E-state index contributed by atoms with van der Waals surface area (Å²) in [6.45, 7) is 3.64. The number of nitrogens with zero attached hydrogens (tertiary/aromatic N) is 2. The summed E-state index contributed by atoms with van der Waals surface area (Å²) in [5, 5.41) is 0. The lowest BCUT2D eigenvalue weighted by atomic mass is 10.1. The second kappa shape index (κ2) is 7.55. The fraction of sp³-hybridized carbons (Fsp3) is 0.294. The number of carbonyl (C=O) groups is 1. The Morgan fingerprint density at radius 3 is 2.57 bits per heavy atom. The maximum absolute atomic E-state index is 11.6. The molecule has 0 saturated heterocycles. The van der Waals surface area contributed by atoms with Crippen LogP contribution in [-0.4, -0.2) is 29.5 Å². The zero-order valence-electron chi connectivity index (χ0n) is 12.5. The Hall–Kier alpha value is -2.20. The number of esters is 1. The molecule has 1 heterocycles. The normalized spacial score (nSPS) is 10.6. The predicted octanol–water partition coefficient (Wildman–Crippen LogP) is 2.57. The van der Waals surface area contributed by atoms with Crippen LogP contribution in [-0.2, 0) is 22.6 Å². The van der Waals surface area contributed by atoms with Crippen LogP contribution in [0.2, 0.25) is 0 Å². The van der Waals surface area contributed by atoms with Crippen molar-refractivity contribution in [2.24, 2.45) is 0 Å². The molecular formula is C17H20N2O2. The van der Waals surface area contributed by atoms with E-state index in [4.69, 9.17) is 4.74 Å². The third-order valence-electron chi connectivity index (χ3n) is 3.35. The van der Waals surface area contributed by atoms with Gasteiger partial charge in [0.1, 0.15) is 0 Å². The lowest BCUT2D eigenvalue weighted by Gasteiger charge is -2.21. The smallest absolute Gasteiger partial charge is 0.319 e. The quantitative estimate of drug-likeness (QED) is 0.765. The average molecular weight is 284 g/mol. The van der Waals surface area contributed by atoms with Gasteiger partial charge in [0, 0.05) is 19.3 Å². The maximum atomic E-state index is 11.6. The van der Waals surface area contributed by atoms with Gasteiger partial charge in [-0.15, -0.1) is 0 Å². The fourth-order valence-electron chi connectivity index (χ4n) is 2.16. The third kappa shape index (κ3) is 4.68. The van der Waals surface area contributed by atoms with E-state index in [1.807, 2.05) is 35.2 Å². The van der Waals surface area contributed by atoms with Crippen LogP contribution in [0.3, 0.4) is 0 Å². The van der Waals surface area contributed by atoms with Gasteiger partial charge < -0.3 is 4.74 Å². The van der Waals surface area contributed by atoms with Crippen molar-refractivity contribution in [3.8, 4) is 0 Å². The molecule has 4 nitrogen and oxygen atoms in total. The number of rotatable bonds is 6. The molecule has 0 aliphatic carbocycles. The Bertz CT molecular complexity index is 584. The second-order valence-corrected chi connectivity index (χ2v) is 4.97. The summed E-state index contributed by atoms with van der Waals surface area (Å²) in [7, 11) is 1.41. The van der Waals surface area contributed by atoms with E-state index in [1.54, 1.807) is 6.20 Å². The highest BCUT2D eigenvalue weighted by Gasteiger charge is 2.13. The van der Waals surface area contributed by atoms with Gasteiger partial charge in [0.15, 0.2) is 0 Å². The van der Waals surface area contributed by atoms with E-state index >= 15 is 0 Å². The lowest BCUT2D eigenvalue weighted by molar-refractivity contribution is -0.142. The third-order valence-corrected chi connectivity index (χ3v) is 3.35. The zero-order chi connectivity index (χ0) is 15.1. The average Bonchev–Trinajstić information content (AvgIpc) is 2.50. The van der Waals surface area contributed by atoms with Crippen molar-refractivity contribution in [2.45, 2.75) is 20.0 Å². The van der Waals surface area contributed by atoms with E-state index in [0.717, 1.165) is 5.69 Å². The molecule has 2 rings (SSSR count). The van der Waals surface area contributed by atoms with Crippen molar-refractivity contribution in [1.82, 2.24) is 9.88 Å². The summed E-state index contributed by atoms with van der Waals surface area (Å²) in [4.78, 5) is 18.0. The first-order chi connectivity index (χ1) is 10.2. The van der Waals surface area contributed by atoms with Gasteiger partial charge in [0.05, 0.1) is 19.3 Å². The Morgan fingerprint density at radius 1 is 1.14 bits per heavy atom. The molecule has 1 aromatic carbocycles. The van der Waals surface area contributed by atoms with Crippen molar-refractivity contribution in [3.63, 3.8) is 0 Å². The monoisotopic (exact) mass is 284 g/mol. The summed E-state index contributed by atoms with van der Waals surface area (Å²) < 4.78 is 4.79.